The lowest BCUT2D eigenvalue weighted by atomic mass is 10.1. The topological polar surface area (TPSA) is 81.8 Å². The fourth-order valence-electron chi connectivity index (χ4n) is 3.12. The summed E-state index contributed by atoms with van der Waals surface area (Å²) in [6.07, 6.45) is 3.36. The summed E-state index contributed by atoms with van der Waals surface area (Å²) in [4.78, 5) is 28.8. The Morgan fingerprint density at radius 2 is 2.27 bits per heavy atom. The molecule has 3 aromatic rings. The quantitative estimate of drug-likeness (QED) is 0.751. The second-order valence-corrected chi connectivity index (χ2v) is 6.74. The number of fused-ring (bicyclic) bond motifs is 1. The summed E-state index contributed by atoms with van der Waals surface area (Å²) in [6, 6.07) is 4.34. The number of aryl methyl sites for hydroxylation is 1. The van der Waals surface area contributed by atoms with E-state index in [1.165, 1.54) is 27.8 Å². The van der Waals surface area contributed by atoms with Crippen molar-refractivity contribution in [3.8, 4) is 0 Å². The minimum atomic E-state index is -0.373. The first kappa shape index (κ1) is 16.7. The molecule has 2 heterocycles. The molecule has 0 unspecified atom stereocenters. The Kier molecular flexibility index (Phi) is 3.99. The summed E-state index contributed by atoms with van der Waals surface area (Å²) in [5, 5.41) is 7.51. The van der Waals surface area contributed by atoms with Gasteiger partial charge in [0.05, 0.1) is 6.20 Å². The second kappa shape index (κ2) is 6.21. The fourth-order valence-corrected chi connectivity index (χ4v) is 3.43. The van der Waals surface area contributed by atoms with Gasteiger partial charge < -0.3 is 5.32 Å². The predicted molar refractivity (Wildman–Crippen MR) is 93.5 cm³/mol. The normalized spacial score (nSPS) is 18.9. The van der Waals surface area contributed by atoms with Crippen molar-refractivity contribution in [1.29, 1.82) is 0 Å². The molecule has 4 rings (SSSR count). The number of halogens is 2. The maximum atomic E-state index is 13.9. The number of hydrogen-bond acceptors (Lipinski definition) is 4. The molecule has 0 spiro atoms. The van der Waals surface area contributed by atoms with Crippen LogP contribution >= 0.6 is 11.6 Å². The zero-order valence-electron chi connectivity index (χ0n) is 13.8. The summed E-state index contributed by atoms with van der Waals surface area (Å²) < 4.78 is 16.7. The fraction of sp³-hybridized carbons (Fsp3) is 0.294. The van der Waals surface area contributed by atoms with Gasteiger partial charge in [0.2, 0.25) is 5.91 Å². The van der Waals surface area contributed by atoms with Crippen LogP contribution in [0.15, 0.2) is 35.5 Å². The number of hydrogen-bond donors (Lipinski definition) is 1. The van der Waals surface area contributed by atoms with Crippen LogP contribution in [0, 0.1) is 5.82 Å². The van der Waals surface area contributed by atoms with Crippen molar-refractivity contribution in [2.45, 2.75) is 24.9 Å². The van der Waals surface area contributed by atoms with Crippen molar-refractivity contribution in [3.05, 3.63) is 57.5 Å². The third kappa shape index (κ3) is 2.86. The highest BCUT2D eigenvalue weighted by molar-refractivity contribution is 6.31. The van der Waals surface area contributed by atoms with Gasteiger partial charge in [-0.1, -0.05) is 17.7 Å². The third-order valence-electron chi connectivity index (χ3n) is 4.54. The Hall–Kier alpha value is -2.74. The SMILES string of the molecule is Cn1ncc2c(=O)n(CC(=O)N[C@@H]3C[C@H]3c3c(F)cccc3Cl)cnc21. The van der Waals surface area contributed by atoms with Gasteiger partial charge in [-0.05, 0) is 18.6 Å². The molecule has 1 aliphatic rings. The first-order valence-electron chi connectivity index (χ1n) is 8.06. The van der Waals surface area contributed by atoms with Crippen LogP contribution in [0.3, 0.4) is 0 Å². The second-order valence-electron chi connectivity index (χ2n) is 6.33. The summed E-state index contributed by atoms with van der Waals surface area (Å²) in [7, 11) is 1.69. The Balaban J connectivity index is 1.46. The molecule has 0 radical (unpaired) electrons. The molecule has 7 nitrogen and oxygen atoms in total. The van der Waals surface area contributed by atoms with Crippen molar-refractivity contribution in [1.82, 2.24) is 24.6 Å². The Labute approximate surface area is 152 Å². The third-order valence-corrected chi connectivity index (χ3v) is 4.87. The van der Waals surface area contributed by atoms with E-state index in [2.05, 4.69) is 15.4 Å². The van der Waals surface area contributed by atoms with Crippen molar-refractivity contribution >= 4 is 28.5 Å². The average Bonchev–Trinajstić information content (AvgIpc) is 3.22. The molecule has 1 aliphatic carbocycles. The van der Waals surface area contributed by atoms with Gasteiger partial charge in [0.1, 0.15) is 24.1 Å². The number of rotatable bonds is 4. The standard InChI is InChI=1S/C17H15ClFN5O2/c1-23-16-10(6-21-23)17(26)24(8-20-16)7-14(25)22-13-5-9(13)15-11(18)3-2-4-12(15)19/h2-4,6,8-9,13H,5,7H2,1H3,(H,22,25)/t9-,13-/m1/s1. The van der Waals surface area contributed by atoms with Crippen LogP contribution in [-0.4, -0.2) is 31.3 Å². The van der Waals surface area contributed by atoms with Crippen LogP contribution in [-0.2, 0) is 18.4 Å². The lowest BCUT2D eigenvalue weighted by Crippen LogP contribution is -2.34. The predicted octanol–water partition coefficient (Wildman–Crippen LogP) is 1.59. The van der Waals surface area contributed by atoms with Gasteiger partial charge in [-0.25, -0.2) is 9.37 Å². The highest BCUT2D eigenvalue weighted by Crippen LogP contribution is 2.44. The van der Waals surface area contributed by atoms with Crippen molar-refractivity contribution in [2.24, 2.45) is 7.05 Å². The van der Waals surface area contributed by atoms with Gasteiger partial charge >= 0.3 is 0 Å². The highest BCUT2D eigenvalue weighted by atomic mass is 35.5. The van der Waals surface area contributed by atoms with Crippen molar-refractivity contribution in [2.75, 3.05) is 0 Å². The molecule has 2 atom stereocenters. The van der Waals surface area contributed by atoms with Gasteiger partial charge in [-0.2, -0.15) is 5.10 Å². The number of nitrogens with zero attached hydrogens (tertiary/aromatic N) is 4. The molecule has 1 aromatic carbocycles. The van der Waals surface area contributed by atoms with Crippen LogP contribution in [0.4, 0.5) is 4.39 Å². The number of benzene rings is 1. The molecule has 9 heteroatoms. The number of carbonyl (C=O) groups excluding carboxylic acids is 1. The number of amides is 1. The van der Waals surface area contributed by atoms with E-state index in [1.807, 2.05) is 0 Å². The molecule has 134 valence electrons. The van der Waals surface area contributed by atoms with E-state index >= 15 is 0 Å². The average molecular weight is 376 g/mol. The molecule has 0 saturated heterocycles. The van der Waals surface area contributed by atoms with Crippen LogP contribution in [0.5, 0.6) is 0 Å². The van der Waals surface area contributed by atoms with Crippen LogP contribution < -0.4 is 10.9 Å². The summed E-state index contributed by atoms with van der Waals surface area (Å²) in [5.41, 5.74) is 0.556. The monoisotopic (exact) mass is 375 g/mol. The van der Waals surface area contributed by atoms with E-state index in [1.54, 1.807) is 19.2 Å². The van der Waals surface area contributed by atoms with Crippen molar-refractivity contribution in [3.63, 3.8) is 0 Å². The summed E-state index contributed by atoms with van der Waals surface area (Å²) >= 11 is 6.06. The molecule has 1 fully saturated rings. The maximum Gasteiger partial charge on any atom is 0.264 e. The Bertz CT molecular complexity index is 1060. The zero-order valence-corrected chi connectivity index (χ0v) is 14.6. The largest absolute Gasteiger partial charge is 0.351 e. The molecule has 2 aromatic heterocycles. The molecule has 0 aliphatic heterocycles. The highest BCUT2D eigenvalue weighted by Gasteiger charge is 2.42. The smallest absolute Gasteiger partial charge is 0.264 e. The Morgan fingerprint density at radius 3 is 3.04 bits per heavy atom. The summed E-state index contributed by atoms with van der Waals surface area (Å²) in [6.45, 7) is -0.162. The first-order chi connectivity index (χ1) is 12.5. The van der Waals surface area contributed by atoms with Crippen LogP contribution in [0.25, 0.3) is 11.0 Å². The van der Waals surface area contributed by atoms with E-state index in [0.29, 0.717) is 28.0 Å². The lowest BCUT2D eigenvalue weighted by molar-refractivity contribution is -0.121. The Morgan fingerprint density at radius 1 is 1.46 bits per heavy atom. The van der Waals surface area contributed by atoms with E-state index in [9.17, 15) is 14.0 Å². The first-order valence-corrected chi connectivity index (χ1v) is 8.44. The number of nitrogens with one attached hydrogen (secondary N) is 1. The maximum absolute atomic E-state index is 13.9. The van der Waals surface area contributed by atoms with E-state index in [0.717, 1.165) is 0 Å². The zero-order chi connectivity index (χ0) is 18.4. The molecule has 1 N–H and O–H groups in total. The van der Waals surface area contributed by atoms with Crippen LogP contribution in [0.1, 0.15) is 17.9 Å². The minimum absolute atomic E-state index is 0.150. The molecular weight excluding hydrogens is 361 g/mol. The van der Waals surface area contributed by atoms with E-state index in [4.69, 9.17) is 11.6 Å². The summed E-state index contributed by atoms with van der Waals surface area (Å²) in [5.74, 6) is -0.859. The number of carbonyl (C=O) groups is 1. The van der Waals surface area contributed by atoms with Crippen LogP contribution in [0.2, 0.25) is 5.02 Å². The number of aromatic nitrogens is 4. The van der Waals surface area contributed by atoms with Crippen molar-refractivity contribution < 1.29 is 9.18 Å². The molecular formula is C17H15ClFN5O2. The molecule has 1 amide bonds. The van der Waals surface area contributed by atoms with Gasteiger partial charge in [-0.15, -0.1) is 0 Å². The van der Waals surface area contributed by atoms with Gasteiger partial charge in [-0.3, -0.25) is 18.8 Å². The van der Waals surface area contributed by atoms with Gasteiger partial charge in [0.15, 0.2) is 5.65 Å². The molecule has 0 bridgehead atoms. The van der Waals surface area contributed by atoms with Gasteiger partial charge in [0, 0.05) is 29.6 Å². The minimum Gasteiger partial charge on any atom is -0.351 e. The lowest BCUT2D eigenvalue weighted by Gasteiger charge is -2.08. The van der Waals surface area contributed by atoms with E-state index < -0.39 is 0 Å². The van der Waals surface area contributed by atoms with Gasteiger partial charge in [0.25, 0.3) is 5.56 Å². The van der Waals surface area contributed by atoms with E-state index in [-0.39, 0.29) is 35.8 Å². The molecule has 1 saturated carbocycles. The molecule has 26 heavy (non-hydrogen) atoms.